The number of nitrogens with zero attached hydrogens (tertiary/aromatic N) is 1. The van der Waals surface area contributed by atoms with Gasteiger partial charge >= 0.3 is 0 Å². The molecule has 0 spiro atoms. The number of aliphatic hydroxyl groups excluding tert-OH is 1. The van der Waals surface area contributed by atoms with Gasteiger partial charge in [0.05, 0.1) is 11.5 Å². The van der Waals surface area contributed by atoms with Crippen molar-refractivity contribution in [3.63, 3.8) is 0 Å². The van der Waals surface area contributed by atoms with Crippen molar-refractivity contribution in [1.29, 1.82) is 0 Å². The minimum Gasteiger partial charge on any atom is -0.456 e. The number of hydrogen-bond donors (Lipinski definition) is 1. The lowest BCUT2D eigenvalue weighted by atomic mass is 10.1. The smallest absolute Gasteiger partial charge is 0.270 e. The lowest BCUT2D eigenvalue weighted by Crippen LogP contribution is -1.97. The van der Waals surface area contributed by atoms with Crippen molar-refractivity contribution in [2.45, 2.75) is 20.5 Å². The molecule has 0 aromatic heterocycles. The Morgan fingerprint density at radius 2 is 1.86 bits per heavy atom. The third kappa shape index (κ3) is 3.32. The topological polar surface area (TPSA) is 72.6 Å². The summed E-state index contributed by atoms with van der Waals surface area (Å²) in [5, 5.41) is 20.7. The van der Waals surface area contributed by atoms with E-state index in [1.807, 2.05) is 13.8 Å². The summed E-state index contributed by atoms with van der Waals surface area (Å²) >= 11 is 5.97. The highest BCUT2D eigenvalue weighted by Gasteiger charge is 2.14. The van der Waals surface area contributed by atoms with E-state index in [4.69, 9.17) is 16.3 Å². The van der Waals surface area contributed by atoms with E-state index in [0.717, 1.165) is 11.1 Å². The highest BCUT2D eigenvalue weighted by Crippen LogP contribution is 2.34. The lowest BCUT2D eigenvalue weighted by Gasteiger charge is -2.14. The second kappa shape index (κ2) is 6.11. The van der Waals surface area contributed by atoms with E-state index in [1.54, 1.807) is 12.1 Å². The van der Waals surface area contributed by atoms with E-state index < -0.39 is 4.92 Å². The van der Waals surface area contributed by atoms with Crippen LogP contribution in [0.5, 0.6) is 11.5 Å². The molecular weight excluding hydrogens is 294 g/mol. The van der Waals surface area contributed by atoms with Crippen LogP contribution in [0.2, 0.25) is 5.02 Å². The van der Waals surface area contributed by atoms with Crippen molar-refractivity contribution in [1.82, 2.24) is 0 Å². The molecule has 6 heteroatoms. The summed E-state index contributed by atoms with van der Waals surface area (Å²) in [6, 6.07) is 7.67. The fourth-order valence-electron chi connectivity index (χ4n) is 2.07. The number of nitro groups is 1. The van der Waals surface area contributed by atoms with Crippen LogP contribution in [0.25, 0.3) is 0 Å². The molecule has 110 valence electrons. The Bertz CT molecular complexity index is 677. The van der Waals surface area contributed by atoms with Crippen LogP contribution < -0.4 is 4.74 Å². The molecular formula is C15H14ClNO4. The predicted octanol–water partition coefficient (Wildman–Crippen LogP) is 4.15. The molecule has 5 nitrogen and oxygen atoms in total. The molecule has 0 heterocycles. The second-order valence-electron chi connectivity index (χ2n) is 4.68. The highest BCUT2D eigenvalue weighted by molar-refractivity contribution is 6.30. The van der Waals surface area contributed by atoms with E-state index in [9.17, 15) is 15.2 Å². The zero-order valence-electron chi connectivity index (χ0n) is 11.6. The number of benzene rings is 2. The molecule has 0 radical (unpaired) electrons. The monoisotopic (exact) mass is 307 g/mol. The minimum atomic E-state index is -0.512. The normalized spacial score (nSPS) is 10.5. The molecule has 1 N–H and O–H groups in total. The maximum atomic E-state index is 10.8. The minimum absolute atomic E-state index is 0.0871. The summed E-state index contributed by atoms with van der Waals surface area (Å²) in [7, 11) is 0. The Morgan fingerprint density at radius 3 is 2.38 bits per heavy atom. The SMILES string of the molecule is Cc1cc(Cl)cc(C)c1Oc1ccc([N+](=O)[O-])cc1CO. The van der Waals surface area contributed by atoms with Crippen LogP contribution in [0, 0.1) is 24.0 Å². The zero-order valence-corrected chi connectivity index (χ0v) is 12.3. The molecule has 0 aliphatic heterocycles. The molecule has 0 unspecified atom stereocenters. The van der Waals surface area contributed by atoms with E-state index in [2.05, 4.69) is 0 Å². The van der Waals surface area contributed by atoms with Crippen LogP contribution in [0.3, 0.4) is 0 Å². The molecule has 0 aliphatic rings. The largest absolute Gasteiger partial charge is 0.456 e. The van der Waals surface area contributed by atoms with Crippen LogP contribution in [-0.4, -0.2) is 10.0 Å². The van der Waals surface area contributed by atoms with Gasteiger partial charge in [0.25, 0.3) is 5.69 Å². The Labute approximate surface area is 126 Å². The van der Waals surface area contributed by atoms with Crippen molar-refractivity contribution in [2.24, 2.45) is 0 Å². The Balaban J connectivity index is 2.42. The molecule has 0 bridgehead atoms. The number of non-ortho nitro benzene ring substituents is 1. The van der Waals surface area contributed by atoms with Gasteiger partial charge in [-0.2, -0.15) is 0 Å². The van der Waals surface area contributed by atoms with Crippen molar-refractivity contribution in [3.8, 4) is 11.5 Å². The number of aliphatic hydroxyl groups is 1. The number of aryl methyl sites for hydroxylation is 2. The van der Waals surface area contributed by atoms with Crippen molar-refractivity contribution < 1.29 is 14.8 Å². The summed E-state index contributed by atoms with van der Waals surface area (Å²) < 4.78 is 5.81. The second-order valence-corrected chi connectivity index (χ2v) is 5.11. The zero-order chi connectivity index (χ0) is 15.6. The number of ether oxygens (including phenoxy) is 1. The standard InChI is InChI=1S/C15H14ClNO4/c1-9-5-12(16)6-10(2)15(9)21-14-4-3-13(17(19)20)7-11(14)8-18/h3-7,18H,8H2,1-2H3. The fourth-order valence-corrected chi connectivity index (χ4v) is 2.40. The summed E-state index contributed by atoms with van der Waals surface area (Å²) in [5.41, 5.74) is 1.97. The first-order valence-electron chi connectivity index (χ1n) is 6.25. The van der Waals surface area contributed by atoms with Gasteiger partial charge in [0.2, 0.25) is 0 Å². The van der Waals surface area contributed by atoms with Gasteiger partial charge < -0.3 is 9.84 Å². The third-order valence-electron chi connectivity index (χ3n) is 3.06. The number of rotatable bonds is 4. The van der Waals surface area contributed by atoms with Crippen molar-refractivity contribution in [3.05, 3.63) is 62.2 Å². The van der Waals surface area contributed by atoms with Gasteiger partial charge in [-0.3, -0.25) is 10.1 Å². The van der Waals surface area contributed by atoms with Gasteiger partial charge in [0, 0.05) is 22.7 Å². The van der Waals surface area contributed by atoms with E-state index >= 15 is 0 Å². The average Bonchev–Trinajstić information content (AvgIpc) is 2.42. The van der Waals surface area contributed by atoms with E-state index in [-0.39, 0.29) is 12.3 Å². The number of hydrogen-bond acceptors (Lipinski definition) is 4. The first-order valence-corrected chi connectivity index (χ1v) is 6.63. The van der Waals surface area contributed by atoms with Crippen LogP contribution in [0.15, 0.2) is 30.3 Å². The lowest BCUT2D eigenvalue weighted by molar-refractivity contribution is -0.385. The van der Waals surface area contributed by atoms with Crippen LogP contribution in [0.4, 0.5) is 5.69 Å². The van der Waals surface area contributed by atoms with Crippen LogP contribution in [0.1, 0.15) is 16.7 Å². The van der Waals surface area contributed by atoms with Gasteiger partial charge in [-0.05, 0) is 43.2 Å². The molecule has 0 fully saturated rings. The Kier molecular flexibility index (Phi) is 4.45. The summed E-state index contributed by atoms with van der Waals surface area (Å²) in [5.74, 6) is 1.01. The molecule has 2 aromatic carbocycles. The van der Waals surface area contributed by atoms with Crippen molar-refractivity contribution in [2.75, 3.05) is 0 Å². The first-order chi connectivity index (χ1) is 9.92. The fraction of sp³-hybridized carbons (Fsp3) is 0.200. The van der Waals surface area contributed by atoms with E-state index in [1.165, 1.54) is 18.2 Å². The highest BCUT2D eigenvalue weighted by atomic mass is 35.5. The third-order valence-corrected chi connectivity index (χ3v) is 3.28. The van der Waals surface area contributed by atoms with Gasteiger partial charge in [-0.1, -0.05) is 11.6 Å². The molecule has 0 saturated heterocycles. The van der Waals surface area contributed by atoms with Gasteiger partial charge in [0.1, 0.15) is 11.5 Å². The molecule has 0 saturated carbocycles. The number of halogens is 1. The molecule has 2 rings (SSSR count). The molecule has 0 aliphatic carbocycles. The van der Waals surface area contributed by atoms with Gasteiger partial charge in [-0.15, -0.1) is 0 Å². The Hall–Kier alpha value is -2.11. The molecule has 0 amide bonds. The quantitative estimate of drug-likeness (QED) is 0.680. The van der Waals surface area contributed by atoms with Crippen LogP contribution in [-0.2, 0) is 6.61 Å². The average molecular weight is 308 g/mol. The number of nitro benzene ring substituents is 1. The summed E-state index contributed by atoms with van der Waals surface area (Å²) in [4.78, 5) is 10.2. The van der Waals surface area contributed by atoms with Gasteiger partial charge in [-0.25, -0.2) is 0 Å². The summed E-state index contributed by atoms with van der Waals surface area (Å²) in [6.07, 6.45) is 0. The van der Waals surface area contributed by atoms with Crippen molar-refractivity contribution >= 4 is 17.3 Å². The predicted molar refractivity (Wildman–Crippen MR) is 80.0 cm³/mol. The maximum Gasteiger partial charge on any atom is 0.270 e. The molecule has 21 heavy (non-hydrogen) atoms. The molecule has 2 aromatic rings. The Morgan fingerprint density at radius 1 is 1.24 bits per heavy atom. The molecule has 0 atom stereocenters. The maximum absolute atomic E-state index is 10.8. The first kappa shape index (κ1) is 15.3. The van der Waals surface area contributed by atoms with E-state index in [0.29, 0.717) is 22.1 Å². The van der Waals surface area contributed by atoms with Crippen LogP contribution >= 0.6 is 11.6 Å². The summed E-state index contributed by atoms with van der Waals surface area (Å²) in [6.45, 7) is 3.37. The van der Waals surface area contributed by atoms with Gasteiger partial charge in [0.15, 0.2) is 0 Å².